The van der Waals surface area contributed by atoms with Crippen molar-refractivity contribution >= 4 is 28.3 Å². The van der Waals surface area contributed by atoms with Crippen LogP contribution in [0.4, 0.5) is 5.69 Å². The molecule has 3 rings (SSSR count). The van der Waals surface area contributed by atoms with Gasteiger partial charge >= 0.3 is 0 Å². The number of hydrogen-bond acceptors (Lipinski definition) is 4. The molecular formula is C14H13N3O2. The lowest BCUT2D eigenvalue weighted by Gasteiger charge is -2.14. The highest BCUT2D eigenvalue weighted by Crippen LogP contribution is 2.25. The van der Waals surface area contributed by atoms with E-state index in [1.807, 2.05) is 24.3 Å². The summed E-state index contributed by atoms with van der Waals surface area (Å²) in [5, 5.41) is 5.15. The molecule has 1 saturated heterocycles. The molecule has 2 aromatic rings. The minimum atomic E-state index is -0.476. The number of aromatic nitrogens is 1. The number of nitrogens with zero attached hydrogens (tertiary/aromatic N) is 2. The maximum Gasteiger partial charge on any atom is 0.251 e. The average molecular weight is 255 g/mol. The van der Waals surface area contributed by atoms with E-state index in [1.54, 1.807) is 12.4 Å². The zero-order valence-electron chi connectivity index (χ0n) is 10.5. The van der Waals surface area contributed by atoms with Crippen LogP contribution in [0.3, 0.4) is 0 Å². The second-order valence-corrected chi connectivity index (χ2v) is 4.59. The van der Waals surface area contributed by atoms with E-state index in [4.69, 9.17) is 0 Å². The molecule has 0 aliphatic carbocycles. The number of pyridine rings is 1. The first-order valence-electron chi connectivity index (χ1n) is 6.06. The van der Waals surface area contributed by atoms with E-state index in [0.717, 1.165) is 16.5 Å². The highest BCUT2D eigenvalue weighted by Gasteiger charge is 2.36. The van der Waals surface area contributed by atoms with Gasteiger partial charge in [-0.2, -0.15) is 0 Å². The summed E-state index contributed by atoms with van der Waals surface area (Å²) in [6.07, 6.45) is 3.69. The quantitative estimate of drug-likeness (QED) is 0.824. The lowest BCUT2D eigenvalue weighted by atomic mass is 10.1. The van der Waals surface area contributed by atoms with Gasteiger partial charge in [-0.3, -0.25) is 19.5 Å². The number of carbonyl (C=O) groups is 2. The number of fused-ring (bicyclic) bond motifs is 1. The number of hydrogen-bond donors (Lipinski definition) is 1. The first kappa shape index (κ1) is 11.6. The van der Waals surface area contributed by atoms with Gasteiger partial charge in [0.1, 0.15) is 6.04 Å². The van der Waals surface area contributed by atoms with Crippen LogP contribution in [0.5, 0.6) is 0 Å². The second-order valence-electron chi connectivity index (χ2n) is 4.59. The Bertz CT molecular complexity index is 663. The van der Waals surface area contributed by atoms with Crippen molar-refractivity contribution in [2.24, 2.45) is 0 Å². The topological polar surface area (TPSA) is 62.3 Å². The maximum atomic E-state index is 11.9. The lowest BCUT2D eigenvalue weighted by molar-refractivity contribution is -0.136. The molecule has 0 spiro atoms. The molecule has 2 heterocycles. The van der Waals surface area contributed by atoms with Gasteiger partial charge in [0.25, 0.3) is 5.91 Å². The molecule has 0 bridgehead atoms. The van der Waals surface area contributed by atoms with Crippen molar-refractivity contribution in [3.8, 4) is 0 Å². The number of amides is 2. The first-order valence-corrected chi connectivity index (χ1v) is 6.06. The van der Waals surface area contributed by atoms with Gasteiger partial charge in [0.2, 0.25) is 5.91 Å². The van der Waals surface area contributed by atoms with Gasteiger partial charge in [-0.15, -0.1) is 0 Å². The van der Waals surface area contributed by atoms with Crippen LogP contribution in [-0.2, 0) is 9.59 Å². The van der Waals surface area contributed by atoms with E-state index in [1.165, 1.54) is 11.9 Å². The molecule has 5 nitrogen and oxygen atoms in total. The minimum absolute atomic E-state index is 0.149. The SMILES string of the molecule is CN1C(=O)CC(Nc2cccc3cnccc23)C1=O. The zero-order valence-corrected chi connectivity index (χ0v) is 10.5. The number of benzene rings is 1. The van der Waals surface area contributed by atoms with Gasteiger partial charge in [-0.25, -0.2) is 0 Å². The third-order valence-electron chi connectivity index (χ3n) is 3.39. The summed E-state index contributed by atoms with van der Waals surface area (Å²) in [5.74, 6) is -0.333. The Morgan fingerprint density at radius 2 is 2.16 bits per heavy atom. The van der Waals surface area contributed by atoms with Crippen molar-refractivity contribution in [1.82, 2.24) is 9.88 Å². The van der Waals surface area contributed by atoms with E-state index in [9.17, 15) is 9.59 Å². The Kier molecular flexibility index (Phi) is 2.67. The molecule has 1 aromatic heterocycles. The van der Waals surface area contributed by atoms with Crippen molar-refractivity contribution in [1.29, 1.82) is 0 Å². The number of carbonyl (C=O) groups excluding carboxylic acids is 2. The van der Waals surface area contributed by atoms with Crippen molar-refractivity contribution in [3.63, 3.8) is 0 Å². The van der Waals surface area contributed by atoms with Gasteiger partial charge in [0.15, 0.2) is 0 Å². The maximum absolute atomic E-state index is 11.9. The lowest BCUT2D eigenvalue weighted by Crippen LogP contribution is -2.31. The van der Waals surface area contributed by atoms with E-state index in [-0.39, 0.29) is 18.2 Å². The van der Waals surface area contributed by atoms with Crippen LogP contribution < -0.4 is 5.32 Å². The van der Waals surface area contributed by atoms with Crippen molar-refractivity contribution in [2.45, 2.75) is 12.5 Å². The number of nitrogens with one attached hydrogen (secondary N) is 1. The van der Waals surface area contributed by atoms with Gasteiger partial charge in [0, 0.05) is 35.9 Å². The summed E-state index contributed by atoms with van der Waals surface area (Å²) in [5.41, 5.74) is 0.848. The fourth-order valence-corrected chi connectivity index (χ4v) is 2.30. The Labute approximate surface area is 110 Å². The predicted octanol–water partition coefficient (Wildman–Crippen LogP) is 1.40. The van der Waals surface area contributed by atoms with Crippen LogP contribution in [0.25, 0.3) is 10.8 Å². The molecule has 1 fully saturated rings. The van der Waals surface area contributed by atoms with Crippen LogP contribution in [0.2, 0.25) is 0 Å². The molecule has 1 atom stereocenters. The second kappa shape index (κ2) is 4.35. The molecule has 1 aliphatic heterocycles. The molecule has 1 unspecified atom stereocenters. The molecule has 0 saturated carbocycles. The molecule has 2 amide bonds. The van der Waals surface area contributed by atoms with Crippen LogP contribution in [0.1, 0.15) is 6.42 Å². The third kappa shape index (κ3) is 1.93. The highest BCUT2D eigenvalue weighted by atomic mass is 16.2. The van der Waals surface area contributed by atoms with Crippen LogP contribution in [0, 0.1) is 0 Å². The monoisotopic (exact) mass is 255 g/mol. The minimum Gasteiger partial charge on any atom is -0.373 e. The summed E-state index contributed by atoms with van der Waals surface area (Å²) in [6.45, 7) is 0. The standard InChI is InChI=1S/C14H13N3O2/c1-17-13(18)7-12(14(17)19)16-11-4-2-3-9-8-15-6-5-10(9)11/h2-6,8,12,16H,7H2,1H3. The largest absolute Gasteiger partial charge is 0.373 e. The summed E-state index contributed by atoms with van der Waals surface area (Å²) < 4.78 is 0. The van der Waals surface area contributed by atoms with E-state index in [2.05, 4.69) is 10.3 Å². The highest BCUT2D eigenvalue weighted by molar-refractivity contribution is 6.07. The Hall–Kier alpha value is -2.43. The predicted molar refractivity (Wildman–Crippen MR) is 71.5 cm³/mol. The van der Waals surface area contributed by atoms with Crippen molar-refractivity contribution in [2.75, 3.05) is 12.4 Å². The van der Waals surface area contributed by atoms with Crippen molar-refractivity contribution in [3.05, 3.63) is 36.7 Å². The number of imide groups is 1. The summed E-state index contributed by atoms with van der Waals surface area (Å²) in [4.78, 5) is 28.6. The van der Waals surface area contributed by atoms with E-state index >= 15 is 0 Å². The fourth-order valence-electron chi connectivity index (χ4n) is 2.30. The number of likely N-dealkylation sites (N-methyl/N-ethyl adjacent to an activating group) is 1. The molecule has 1 N–H and O–H groups in total. The number of anilines is 1. The molecule has 1 aromatic carbocycles. The zero-order chi connectivity index (χ0) is 13.4. The molecule has 1 aliphatic rings. The smallest absolute Gasteiger partial charge is 0.251 e. The average Bonchev–Trinajstić information content (AvgIpc) is 2.67. The van der Waals surface area contributed by atoms with E-state index < -0.39 is 6.04 Å². The fraction of sp³-hybridized carbons (Fsp3) is 0.214. The Balaban J connectivity index is 1.94. The van der Waals surface area contributed by atoms with E-state index in [0.29, 0.717) is 0 Å². The van der Waals surface area contributed by atoms with Crippen LogP contribution in [0.15, 0.2) is 36.7 Å². The normalized spacial score (nSPS) is 19.2. The van der Waals surface area contributed by atoms with Crippen molar-refractivity contribution < 1.29 is 9.59 Å². The molecule has 0 radical (unpaired) electrons. The first-order chi connectivity index (χ1) is 9.16. The molecular weight excluding hydrogens is 242 g/mol. The number of rotatable bonds is 2. The molecule has 19 heavy (non-hydrogen) atoms. The third-order valence-corrected chi connectivity index (χ3v) is 3.39. The summed E-state index contributed by atoms with van der Waals surface area (Å²) >= 11 is 0. The molecule has 96 valence electrons. The Morgan fingerprint density at radius 1 is 1.32 bits per heavy atom. The van der Waals surface area contributed by atoms with Gasteiger partial charge < -0.3 is 5.32 Å². The van der Waals surface area contributed by atoms with Gasteiger partial charge in [-0.1, -0.05) is 12.1 Å². The summed E-state index contributed by atoms with van der Waals surface area (Å²) in [7, 11) is 1.51. The van der Waals surface area contributed by atoms with Crippen LogP contribution >= 0.6 is 0 Å². The van der Waals surface area contributed by atoms with Crippen LogP contribution in [-0.4, -0.2) is 34.8 Å². The van der Waals surface area contributed by atoms with Gasteiger partial charge in [-0.05, 0) is 12.1 Å². The molecule has 5 heteroatoms. The Morgan fingerprint density at radius 3 is 2.89 bits per heavy atom. The summed E-state index contributed by atoms with van der Waals surface area (Å²) in [6, 6.07) is 7.18. The number of likely N-dealkylation sites (tertiary alicyclic amines) is 1. The van der Waals surface area contributed by atoms with Gasteiger partial charge in [0.05, 0.1) is 6.42 Å².